The van der Waals surface area contributed by atoms with Gasteiger partial charge in [-0.15, -0.1) is 0 Å². The van der Waals surface area contributed by atoms with Crippen LogP contribution in [0.1, 0.15) is 32.7 Å². The maximum atomic E-state index is 13.6. The highest BCUT2D eigenvalue weighted by Gasteiger charge is 2.63. The van der Waals surface area contributed by atoms with E-state index in [1.165, 1.54) is 21.9 Å². The lowest BCUT2D eigenvalue weighted by molar-refractivity contribution is -0.148. The standard InChI is InChI=1S/C24H27N3O8/c1-26(2)17-12-8-9-7-11-10(23(34)27(3)4)5-6-13(28)15(11)18(29)14(9)20(31)24(12,35)21(32)16(19(17)30)22(25)33/h5-6,9,12,17,28,30-31,35H,7-8H2,1-4H3,(H2,25,33)/t9-,12-,17?,24-/m0/s1. The van der Waals surface area contributed by atoms with Crippen LogP contribution in [0.15, 0.2) is 34.8 Å². The number of nitrogens with two attached hydrogens (primary N) is 1. The Morgan fingerprint density at radius 2 is 1.71 bits per heavy atom. The second-order valence-electron chi connectivity index (χ2n) is 9.65. The van der Waals surface area contributed by atoms with Crippen LogP contribution in [0.3, 0.4) is 0 Å². The monoisotopic (exact) mass is 485 g/mol. The van der Waals surface area contributed by atoms with Gasteiger partial charge in [0.15, 0.2) is 11.4 Å². The number of primary amides is 1. The second kappa shape index (κ2) is 7.92. The molecule has 0 radical (unpaired) electrons. The van der Waals surface area contributed by atoms with E-state index in [1.54, 1.807) is 28.2 Å². The molecule has 11 heteroatoms. The van der Waals surface area contributed by atoms with Crippen molar-refractivity contribution in [3.63, 3.8) is 0 Å². The average Bonchev–Trinajstić information content (AvgIpc) is 2.75. The Morgan fingerprint density at radius 3 is 2.26 bits per heavy atom. The van der Waals surface area contributed by atoms with Gasteiger partial charge in [0.25, 0.3) is 11.8 Å². The van der Waals surface area contributed by atoms with Crippen molar-refractivity contribution in [2.75, 3.05) is 28.2 Å². The van der Waals surface area contributed by atoms with Crippen LogP contribution in [0.25, 0.3) is 0 Å². The summed E-state index contributed by atoms with van der Waals surface area (Å²) in [5.41, 5.74) is 1.78. The van der Waals surface area contributed by atoms with Gasteiger partial charge >= 0.3 is 0 Å². The predicted octanol–water partition coefficient (Wildman–Crippen LogP) is -0.178. The van der Waals surface area contributed by atoms with Gasteiger partial charge in [0.2, 0.25) is 5.78 Å². The van der Waals surface area contributed by atoms with Crippen LogP contribution in [0, 0.1) is 11.8 Å². The number of allylic oxidation sites excluding steroid dienone is 1. The number of phenolic OH excluding ortho intramolecular Hbond substituents is 1. The molecule has 0 bridgehead atoms. The molecule has 11 nitrogen and oxygen atoms in total. The van der Waals surface area contributed by atoms with E-state index in [2.05, 4.69) is 0 Å². The average molecular weight is 485 g/mol. The van der Waals surface area contributed by atoms with Gasteiger partial charge < -0.3 is 31.1 Å². The number of Topliss-reactive ketones (excluding diaryl/α,β-unsaturated/α-hetero) is 2. The fourth-order valence-electron chi connectivity index (χ4n) is 5.69. The van der Waals surface area contributed by atoms with Crippen molar-refractivity contribution in [3.8, 4) is 5.75 Å². The van der Waals surface area contributed by atoms with Gasteiger partial charge in [-0.05, 0) is 50.6 Å². The highest BCUT2D eigenvalue weighted by atomic mass is 16.3. The number of rotatable bonds is 3. The third-order valence-electron chi connectivity index (χ3n) is 7.24. The van der Waals surface area contributed by atoms with E-state index < -0.39 is 63.8 Å². The van der Waals surface area contributed by atoms with Crippen molar-refractivity contribution in [3.05, 3.63) is 51.5 Å². The molecule has 4 rings (SSSR count). The van der Waals surface area contributed by atoms with Crippen LogP contribution >= 0.6 is 0 Å². The first kappa shape index (κ1) is 24.4. The van der Waals surface area contributed by atoms with Gasteiger partial charge in [0.1, 0.15) is 22.8 Å². The van der Waals surface area contributed by atoms with Crippen LogP contribution in [0.4, 0.5) is 0 Å². The maximum Gasteiger partial charge on any atom is 0.255 e. The van der Waals surface area contributed by atoms with Crippen molar-refractivity contribution in [1.82, 2.24) is 9.80 Å². The second-order valence-corrected chi connectivity index (χ2v) is 9.65. The summed E-state index contributed by atoms with van der Waals surface area (Å²) in [5, 5.41) is 44.0. The van der Waals surface area contributed by atoms with Gasteiger partial charge in [0, 0.05) is 31.1 Å². The summed E-state index contributed by atoms with van der Waals surface area (Å²) in [5.74, 6) is -7.66. The van der Waals surface area contributed by atoms with Crippen molar-refractivity contribution in [2.24, 2.45) is 17.6 Å². The highest BCUT2D eigenvalue weighted by molar-refractivity contribution is 6.25. The third-order valence-corrected chi connectivity index (χ3v) is 7.24. The normalized spacial score (nSPS) is 28.0. The lowest BCUT2D eigenvalue weighted by atomic mass is 9.58. The van der Waals surface area contributed by atoms with Gasteiger partial charge in [-0.2, -0.15) is 0 Å². The van der Waals surface area contributed by atoms with Crippen molar-refractivity contribution >= 4 is 23.4 Å². The number of fused-ring (bicyclic) bond motifs is 3. The molecule has 0 saturated heterocycles. The first-order valence-electron chi connectivity index (χ1n) is 11.0. The zero-order chi connectivity index (χ0) is 26.1. The van der Waals surface area contributed by atoms with Crippen molar-refractivity contribution < 1.29 is 39.6 Å². The Kier molecular flexibility index (Phi) is 5.53. The lowest BCUT2D eigenvalue weighted by Gasteiger charge is -2.50. The molecule has 4 atom stereocenters. The fraction of sp³-hybridized carbons (Fsp3) is 0.417. The molecule has 0 aliphatic heterocycles. The molecule has 6 N–H and O–H groups in total. The van der Waals surface area contributed by atoms with E-state index in [-0.39, 0.29) is 35.4 Å². The SMILES string of the molecule is CN(C)C(=O)c1ccc(O)c2c1C[C@H]1C[C@H]3C(N(C)C)C(O)=C(C(N)=O)C(=O)[C@@]3(O)C(O)=C1C2=O. The third kappa shape index (κ3) is 3.18. The van der Waals surface area contributed by atoms with Crippen molar-refractivity contribution in [1.29, 1.82) is 0 Å². The van der Waals surface area contributed by atoms with E-state index in [1.807, 2.05) is 0 Å². The van der Waals surface area contributed by atoms with Gasteiger partial charge in [0.05, 0.1) is 11.6 Å². The molecule has 1 aromatic rings. The number of aromatic hydroxyl groups is 1. The molecular weight excluding hydrogens is 458 g/mol. The largest absolute Gasteiger partial charge is 0.510 e. The van der Waals surface area contributed by atoms with E-state index in [4.69, 9.17) is 5.73 Å². The minimum Gasteiger partial charge on any atom is -0.510 e. The molecule has 0 heterocycles. The summed E-state index contributed by atoms with van der Waals surface area (Å²) in [7, 11) is 6.20. The van der Waals surface area contributed by atoms with Gasteiger partial charge in [-0.3, -0.25) is 24.1 Å². The molecule has 186 valence electrons. The minimum atomic E-state index is -2.70. The number of likely N-dealkylation sites (N-methyl/N-ethyl adjacent to an activating group) is 1. The molecule has 35 heavy (non-hydrogen) atoms. The molecule has 0 spiro atoms. The Hall–Kier alpha value is -3.70. The molecule has 3 aliphatic rings. The number of hydrogen-bond donors (Lipinski definition) is 5. The Balaban J connectivity index is 1.97. The number of amides is 2. The number of ketones is 2. The zero-order valence-electron chi connectivity index (χ0n) is 19.7. The number of benzene rings is 1. The number of nitrogens with zero attached hydrogens (tertiary/aromatic N) is 2. The minimum absolute atomic E-state index is 0.0446. The van der Waals surface area contributed by atoms with E-state index in [9.17, 15) is 39.6 Å². The van der Waals surface area contributed by atoms with Crippen LogP contribution < -0.4 is 5.73 Å². The number of phenols is 1. The van der Waals surface area contributed by atoms with Gasteiger partial charge in [-0.1, -0.05) is 0 Å². The zero-order valence-corrected chi connectivity index (χ0v) is 19.7. The van der Waals surface area contributed by atoms with E-state index in [0.717, 1.165) is 0 Å². The first-order valence-corrected chi connectivity index (χ1v) is 11.0. The molecule has 1 unspecified atom stereocenters. The summed E-state index contributed by atoms with van der Waals surface area (Å²) in [4.78, 5) is 54.4. The predicted molar refractivity (Wildman–Crippen MR) is 122 cm³/mol. The Labute approximate surface area is 200 Å². The molecule has 2 amide bonds. The van der Waals surface area contributed by atoms with Crippen molar-refractivity contribution in [2.45, 2.75) is 24.5 Å². The fourth-order valence-corrected chi connectivity index (χ4v) is 5.69. The number of aliphatic hydroxyl groups is 3. The van der Waals surface area contributed by atoms with Gasteiger partial charge in [-0.25, -0.2) is 0 Å². The highest BCUT2D eigenvalue weighted by Crippen LogP contribution is 2.52. The molecular formula is C24H27N3O8. The van der Waals surface area contributed by atoms with E-state index in [0.29, 0.717) is 5.56 Å². The molecule has 0 fully saturated rings. The smallest absolute Gasteiger partial charge is 0.255 e. The maximum absolute atomic E-state index is 13.6. The first-order chi connectivity index (χ1) is 16.2. The number of carbonyl (C=O) groups excluding carboxylic acids is 4. The number of hydrogen-bond acceptors (Lipinski definition) is 9. The summed E-state index contributed by atoms with van der Waals surface area (Å²) in [6, 6.07) is 1.54. The van der Waals surface area contributed by atoms with E-state index >= 15 is 0 Å². The lowest BCUT2D eigenvalue weighted by Crippen LogP contribution is -2.63. The number of carbonyl (C=O) groups is 4. The molecule has 0 aromatic heterocycles. The van der Waals surface area contributed by atoms with Crippen LogP contribution in [0.5, 0.6) is 5.75 Å². The quantitative estimate of drug-likeness (QED) is 0.363. The Morgan fingerprint density at radius 1 is 1.09 bits per heavy atom. The Bertz CT molecular complexity index is 1260. The summed E-state index contributed by atoms with van der Waals surface area (Å²) < 4.78 is 0. The molecule has 0 saturated carbocycles. The summed E-state index contributed by atoms with van der Waals surface area (Å²) >= 11 is 0. The van der Waals surface area contributed by atoms with Crippen LogP contribution in [-0.4, -0.2) is 93.4 Å². The van der Waals surface area contributed by atoms with Crippen LogP contribution in [0.2, 0.25) is 0 Å². The molecule has 1 aromatic carbocycles. The summed E-state index contributed by atoms with van der Waals surface area (Å²) in [6.45, 7) is 0. The summed E-state index contributed by atoms with van der Waals surface area (Å²) in [6.07, 6.45) is 0.00879. The van der Waals surface area contributed by atoms with Crippen LogP contribution in [-0.2, 0) is 16.0 Å². The topological polar surface area (TPSA) is 182 Å². The number of aliphatic hydroxyl groups excluding tert-OH is 2. The molecule has 3 aliphatic carbocycles.